The first kappa shape index (κ1) is 26.9. The standard InChI is InChI=1S/C19H32N6O3.HI/c1-5-21-17(23-10-7-11-25-18(27)28-19(2,3)4)24-13-12-22-16(26)15-8-6-9-20-14-15;/h6,8-9,14H,5,7,10-13H2,1-4H3,(H,22,26)(H,25,27)(H2,21,23,24);1H. The largest absolute Gasteiger partial charge is 0.444 e. The Morgan fingerprint density at radius 1 is 1.10 bits per heavy atom. The van der Waals surface area contributed by atoms with Crippen LogP contribution in [-0.4, -0.2) is 61.3 Å². The van der Waals surface area contributed by atoms with Gasteiger partial charge in [-0.3, -0.25) is 14.8 Å². The molecule has 9 nitrogen and oxygen atoms in total. The minimum absolute atomic E-state index is 0. The molecule has 0 atom stereocenters. The van der Waals surface area contributed by atoms with Gasteiger partial charge in [0.1, 0.15) is 5.60 Å². The van der Waals surface area contributed by atoms with Crippen LogP contribution < -0.4 is 21.3 Å². The van der Waals surface area contributed by atoms with Gasteiger partial charge in [0.05, 0.1) is 5.56 Å². The highest BCUT2D eigenvalue weighted by Crippen LogP contribution is 2.06. The summed E-state index contributed by atoms with van der Waals surface area (Å²) in [5, 5.41) is 11.8. The van der Waals surface area contributed by atoms with E-state index in [1.54, 1.807) is 18.3 Å². The van der Waals surface area contributed by atoms with E-state index in [2.05, 4.69) is 31.2 Å². The van der Waals surface area contributed by atoms with Crippen LogP contribution in [0.4, 0.5) is 4.79 Å². The lowest BCUT2D eigenvalue weighted by Gasteiger charge is -2.19. The number of carbonyl (C=O) groups excluding carboxylic acids is 2. The Hall–Kier alpha value is -2.11. The Bertz CT molecular complexity index is 635. The number of ether oxygens (including phenoxy) is 1. The van der Waals surface area contributed by atoms with Crippen LogP contribution >= 0.6 is 24.0 Å². The van der Waals surface area contributed by atoms with E-state index in [1.807, 2.05) is 27.7 Å². The predicted octanol–water partition coefficient (Wildman–Crippen LogP) is 1.90. The van der Waals surface area contributed by atoms with Gasteiger partial charge < -0.3 is 26.0 Å². The van der Waals surface area contributed by atoms with Gasteiger partial charge in [-0.25, -0.2) is 4.79 Å². The number of rotatable bonds is 9. The minimum Gasteiger partial charge on any atom is -0.444 e. The zero-order valence-corrected chi connectivity index (χ0v) is 19.9. The van der Waals surface area contributed by atoms with Crippen molar-refractivity contribution >= 4 is 41.9 Å². The summed E-state index contributed by atoms with van der Waals surface area (Å²) in [6.07, 6.45) is 3.42. The van der Waals surface area contributed by atoms with Crippen molar-refractivity contribution in [3.8, 4) is 0 Å². The molecule has 164 valence electrons. The van der Waals surface area contributed by atoms with E-state index in [1.165, 1.54) is 6.20 Å². The molecule has 1 aromatic rings. The third-order valence-corrected chi connectivity index (χ3v) is 3.24. The van der Waals surface area contributed by atoms with Crippen LogP contribution in [0.5, 0.6) is 0 Å². The van der Waals surface area contributed by atoms with E-state index in [4.69, 9.17) is 4.74 Å². The first-order valence-electron chi connectivity index (χ1n) is 9.49. The van der Waals surface area contributed by atoms with Crippen LogP contribution in [-0.2, 0) is 4.74 Å². The Balaban J connectivity index is 0.00000784. The van der Waals surface area contributed by atoms with E-state index in [9.17, 15) is 9.59 Å². The highest BCUT2D eigenvalue weighted by molar-refractivity contribution is 14.0. The third kappa shape index (κ3) is 13.7. The van der Waals surface area contributed by atoms with Crippen molar-refractivity contribution in [3.05, 3.63) is 30.1 Å². The zero-order valence-electron chi connectivity index (χ0n) is 17.6. The Labute approximate surface area is 189 Å². The first-order chi connectivity index (χ1) is 13.3. The molecule has 10 heteroatoms. The fourth-order valence-corrected chi connectivity index (χ4v) is 2.07. The molecule has 0 spiro atoms. The smallest absolute Gasteiger partial charge is 0.407 e. The molecule has 1 rings (SSSR count). The van der Waals surface area contributed by atoms with Crippen LogP contribution in [0.3, 0.4) is 0 Å². The van der Waals surface area contributed by atoms with Crippen molar-refractivity contribution in [2.75, 3.05) is 32.7 Å². The van der Waals surface area contributed by atoms with Gasteiger partial charge in [-0.2, -0.15) is 0 Å². The van der Waals surface area contributed by atoms with E-state index in [-0.39, 0.29) is 29.9 Å². The van der Waals surface area contributed by atoms with Crippen LogP contribution in [0.25, 0.3) is 0 Å². The molecular formula is C19H33IN6O3. The second kappa shape index (κ2) is 14.8. The summed E-state index contributed by atoms with van der Waals surface area (Å²) in [6.45, 7) is 10.2. The van der Waals surface area contributed by atoms with E-state index >= 15 is 0 Å². The quantitative estimate of drug-likeness (QED) is 0.171. The minimum atomic E-state index is -0.503. The molecule has 0 unspecified atom stereocenters. The fraction of sp³-hybridized carbons (Fsp3) is 0.579. The maximum Gasteiger partial charge on any atom is 0.407 e. The van der Waals surface area contributed by atoms with E-state index in [0.717, 1.165) is 6.54 Å². The predicted molar refractivity (Wildman–Crippen MR) is 125 cm³/mol. The Kier molecular flexibility index (Phi) is 13.7. The molecule has 0 aliphatic carbocycles. The second-order valence-corrected chi connectivity index (χ2v) is 6.97. The molecule has 2 amide bonds. The number of alkyl carbamates (subject to hydrolysis) is 1. The number of hydrogen-bond donors (Lipinski definition) is 4. The van der Waals surface area contributed by atoms with Crippen molar-refractivity contribution in [1.29, 1.82) is 0 Å². The maximum atomic E-state index is 11.9. The summed E-state index contributed by atoms with van der Waals surface area (Å²) in [5.74, 6) is 0.500. The number of pyridine rings is 1. The molecular weight excluding hydrogens is 487 g/mol. The van der Waals surface area contributed by atoms with Crippen LogP contribution in [0, 0.1) is 0 Å². The normalized spacial score (nSPS) is 11.1. The molecule has 1 heterocycles. The average Bonchev–Trinajstić information content (AvgIpc) is 2.63. The number of aliphatic imine (C=N–C) groups is 1. The molecule has 4 N–H and O–H groups in total. The zero-order chi connectivity index (χ0) is 20.8. The summed E-state index contributed by atoms with van der Waals surface area (Å²) in [5.41, 5.74) is 0.0251. The lowest BCUT2D eigenvalue weighted by atomic mass is 10.2. The van der Waals surface area contributed by atoms with Crippen molar-refractivity contribution in [2.45, 2.75) is 39.7 Å². The molecule has 0 fully saturated rings. The van der Waals surface area contributed by atoms with Crippen molar-refractivity contribution < 1.29 is 14.3 Å². The molecule has 0 aliphatic rings. The highest BCUT2D eigenvalue weighted by atomic mass is 127. The van der Waals surface area contributed by atoms with Gasteiger partial charge in [-0.1, -0.05) is 0 Å². The van der Waals surface area contributed by atoms with Gasteiger partial charge in [0.15, 0.2) is 5.96 Å². The first-order valence-corrected chi connectivity index (χ1v) is 9.49. The van der Waals surface area contributed by atoms with Gasteiger partial charge >= 0.3 is 6.09 Å². The van der Waals surface area contributed by atoms with Crippen LogP contribution in [0.2, 0.25) is 0 Å². The molecule has 0 aromatic carbocycles. The van der Waals surface area contributed by atoms with Crippen molar-refractivity contribution in [3.63, 3.8) is 0 Å². The number of aromatic nitrogens is 1. The Morgan fingerprint density at radius 3 is 2.45 bits per heavy atom. The second-order valence-electron chi connectivity index (χ2n) is 6.97. The molecule has 29 heavy (non-hydrogen) atoms. The molecule has 0 aliphatic heterocycles. The maximum absolute atomic E-state index is 11.9. The fourth-order valence-electron chi connectivity index (χ4n) is 2.07. The van der Waals surface area contributed by atoms with Gasteiger partial charge in [-0.05, 0) is 46.2 Å². The number of nitrogens with one attached hydrogen (secondary N) is 4. The lowest BCUT2D eigenvalue weighted by molar-refractivity contribution is 0.0527. The highest BCUT2D eigenvalue weighted by Gasteiger charge is 2.15. The summed E-state index contributed by atoms with van der Waals surface area (Å²) >= 11 is 0. The summed E-state index contributed by atoms with van der Waals surface area (Å²) < 4.78 is 5.17. The molecule has 0 saturated heterocycles. The molecule has 0 radical (unpaired) electrons. The summed E-state index contributed by atoms with van der Waals surface area (Å²) in [6, 6.07) is 3.44. The molecule has 0 saturated carbocycles. The number of carbonyl (C=O) groups is 2. The number of nitrogens with zero attached hydrogens (tertiary/aromatic N) is 2. The Morgan fingerprint density at radius 2 is 1.83 bits per heavy atom. The van der Waals surface area contributed by atoms with Gasteiger partial charge in [0, 0.05) is 45.1 Å². The number of hydrogen-bond acceptors (Lipinski definition) is 5. The van der Waals surface area contributed by atoms with E-state index in [0.29, 0.717) is 44.1 Å². The number of halogens is 1. The monoisotopic (exact) mass is 520 g/mol. The lowest BCUT2D eigenvalue weighted by Crippen LogP contribution is -2.41. The topological polar surface area (TPSA) is 117 Å². The van der Waals surface area contributed by atoms with Crippen molar-refractivity contribution in [2.24, 2.45) is 4.99 Å². The summed E-state index contributed by atoms with van der Waals surface area (Å²) in [7, 11) is 0. The molecule has 0 bridgehead atoms. The SMILES string of the molecule is CCNC(=NCCCNC(=O)OC(C)(C)C)NCCNC(=O)c1cccnc1.I. The molecule has 1 aromatic heterocycles. The number of guanidine groups is 1. The van der Waals surface area contributed by atoms with Crippen LogP contribution in [0.15, 0.2) is 29.5 Å². The van der Waals surface area contributed by atoms with E-state index < -0.39 is 11.7 Å². The summed E-state index contributed by atoms with van der Waals surface area (Å²) in [4.78, 5) is 31.9. The van der Waals surface area contributed by atoms with Gasteiger partial charge in [0.2, 0.25) is 0 Å². The van der Waals surface area contributed by atoms with Gasteiger partial charge in [0.25, 0.3) is 5.91 Å². The third-order valence-electron chi connectivity index (χ3n) is 3.24. The number of amides is 2. The van der Waals surface area contributed by atoms with Gasteiger partial charge in [-0.15, -0.1) is 24.0 Å². The van der Waals surface area contributed by atoms with Crippen LogP contribution in [0.1, 0.15) is 44.5 Å². The average molecular weight is 520 g/mol. The van der Waals surface area contributed by atoms with Crippen molar-refractivity contribution in [1.82, 2.24) is 26.3 Å².